The molecule has 0 bridgehead atoms. The molecule has 35 heavy (non-hydrogen) atoms. The molecule has 11 heteroatoms. The molecular weight excluding hydrogens is 503 g/mol. The van der Waals surface area contributed by atoms with Gasteiger partial charge in [0.2, 0.25) is 0 Å². The van der Waals surface area contributed by atoms with Crippen LogP contribution in [-0.4, -0.2) is 26.0 Å². The van der Waals surface area contributed by atoms with E-state index in [4.69, 9.17) is 0 Å². The minimum Gasteiger partial charge on any atom is -0.435 e. The zero-order valence-corrected chi connectivity index (χ0v) is 20.4. The van der Waals surface area contributed by atoms with Gasteiger partial charge in [0.15, 0.2) is 0 Å². The van der Waals surface area contributed by atoms with E-state index in [0.29, 0.717) is 28.7 Å². The summed E-state index contributed by atoms with van der Waals surface area (Å²) in [5.41, 5.74) is 2.57. The Morgan fingerprint density at radius 3 is 2.51 bits per heavy atom. The minimum atomic E-state index is -4.16. The van der Waals surface area contributed by atoms with Crippen molar-refractivity contribution in [1.82, 2.24) is 9.29 Å². The van der Waals surface area contributed by atoms with Crippen LogP contribution in [-0.2, 0) is 16.6 Å². The monoisotopic (exact) mass is 525 g/mol. The second-order valence-electron chi connectivity index (χ2n) is 7.68. The minimum absolute atomic E-state index is 0. The first-order valence-corrected chi connectivity index (χ1v) is 11.8. The highest BCUT2D eigenvalue weighted by Gasteiger charge is 2.22. The van der Waals surface area contributed by atoms with E-state index in [2.05, 4.69) is 15.4 Å². The molecule has 2 N–H and O–H groups in total. The molecule has 0 unspecified atom stereocenters. The number of rotatable bonds is 8. The highest BCUT2D eigenvalue weighted by atomic mass is 35.5. The second-order valence-corrected chi connectivity index (χ2v) is 9.49. The van der Waals surface area contributed by atoms with Crippen molar-refractivity contribution < 1.29 is 26.3 Å². The van der Waals surface area contributed by atoms with Gasteiger partial charge in [-0.15, -0.1) is 12.4 Å². The van der Waals surface area contributed by atoms with Gasteiger partial charge >= 0.3 is 6.61 Å². The van der Waals surface area contributed by atoms with Gasteiger partial charge in [-0.05, 0) is 61.5 Å². The van der Waals surface area contributed by atoms with Crippen molar-refractivity contribution >= 4 is 44.7 Å². The van der Waals surface area contributed by atoms with Crippen molar-refractivity contribution in [3.8, 4) is 5.75 Å². The number of hydrogen-bond acceptors (Lipinski definition) is 5. The van der Waals surface area contributed by atoms with Crippen LogP contribution in [0.25, 0.3) is 10.9 Å². The topological polar surface area (TPSA) is 72.4 Å². The molecule has 3 aromatic carbocycles. The van der Waals surface area contributed by atoms with Crippen LogP contribution >= 0.6 is 12.4 Å². The molecule has 0 aliphatic heterocycles. The van der Waals surface area contributed by atoms with E-state index in [1.54, 1.807) is 44.3 Å². The van der Waals surface area contributed by atoms with E-state index in [1.165, 1.54) is 30.5 Å². The van der Waals surface area contributed by atoms with Crippen molar-refractivity contribution in [2.24, 2.45) is 0 Å². The number of halogens is 4. The van der Waals surface area contributed by atoms with Gasteiger partial charge in [0.1, 0.15) is 11.6 Å². The summed E-state index contributed by atoms with van der Waals surface area (Å²) < 4.78 is 72.0. The Balaban J connectivity index is 0.00000342. The van der Waals surface area contributed by atoms with Crippen molar-refractivity contribution in [1.29, 1.82) is 0 Å². The van der Waals surface area contributed by atoms with E-state index in [1.807, 2.05) is 0 Å². The lowest BCUT2D eigenvalue weighted by Gasteiger charge is -2.12. The van der Waals surface area contributed by atoms with Gasteiger partial charge in [-0.1, -0.05) is 18.2 Å². The van der Waals surface area contributed by atoms with Crippen LogP contribution in [0.5, 0.6) is 5.75 Å². The summed E-state index contributed by atoms with van der Waals surface area (Å²) >= 11 is 0. The summed E-state index contributed by atoms with van der Waals surface area (Å²) in [6.07, 6.45) is 1.48. The lowest BCUT2D eigenvalue weighted by atomic mass is 10.1. The van der Waals surface area contributed by atoms with E-state index in [0.717, 1.165) is 15.6 Å². The highest BCUT2D eigenvalue weighted by Crippen LogP contribution is 2.31. The predicted molar refractivity (Wildman–Crippen MR) is 132 cm³/mol. The zero-order chi connectivity index (χ0) is 24.5. The van der Waals surface area contributed by atoms with Crippen LogP contribution in [0.3, 0.4) is 0 Å². The Morgan fingerprint density at radius 2 is 1.83 bits per heavy atom. The van der Waals surface area contributed by atoms with Gasteiger partial charge in [0.05, 0.1) is 16.1 Å². The van der Waals surface area contributed by atoms with Crippen molar-refractivity contribution in [2.45, 2.75) is 25.0 Å². The Labute approximate surface area is 207 Å². The maximum atomic E-state index is 14.3. The fourth-order valence-corrected chi connectivity index (χ4v) is 5.09. The normalized spacial score (nSPS) is 11.5. The van der Waals surface area contributed by atoms with Crippen LogP contribution in [0.15, 0.2) is 71.8 Å². The van der Waals surface area contributed by atoms with E-state index in [9.17, 15) is 21.6 Å². The molecular formula is C24H23ClF3N3O3S. The molecule has 0 fully saturated rings. The SMILES string of the molecule is CNCc1cn(S(=O)(=O)c2cccc(OC(F)F)c2)c2cc(Nc3ccc(C)cc3F)ccc12.Cl. The third-order valence-corrected chi connectivity index (χ3v) is 6.88. The van der Waals surface area contributed by atoms with Gasteiger partial charge in [-0.3, -0.25) is 0 Å². The Hall–Kier alpha value is -3.21. The fraction of sp³-hybridized carbons (Fsp3) is 0.167. The van der Waals surface area contributed by atoms with Gasteiger partial charge in [0.25, 0.3) is 10.0 Å². The summed E-state index contributed by atoms with van der Waals surface area (Å²) in [4.78, 5) is -0.207. The molecule has 0 saturated heterocycles. The summed E-state index contributed by atoms with van der Waals surface area (Å²) in [7, 11) is -2.43. The first kappa shape index (κ1) is 26.4. The van der Waals surface area contributed by atoms with Crippen molar-refractivity contribution in [2.75, 3.05) is 12.4 Å². The Kier molecular flexibility index (Phi) is 7.99. The molecule has 0 atom stereocenters. The van der Waals surface area contributed by atoms with Gasteiger partial charge in [-0.2, -0.15) is 8.78 Å². The molecule has 4 aromatic rings. The molecule has 0 spiro atoms. The fourth-order valence-electron chi connectivity index (χ4n) is 3.68. The lowest BCUT2D eigenvalue weighted by molar-refractivity contribution is -0.0499. The molecule has 0 aliphatic carbocycles. The lowest BCUT2D eigenvalue weighted by Crippen LogP contribution is -2.13. The number of nitrogens with one attached hydrogen (secondary N) is 2. The molecule has 6 nitrogen and oxygen atoms in total. The second kappa shape index (κ2) is 10.6. The average Bonchev–Trinajstić information content (AvgIpc) is 3.14. The number of hydrogen-bond donors (Lipinski definition) is 2. The number of nitrogens with zero attached hydrogens (tertiary/aromatic N) is 1. The van der Waals surface area contributed by atoms with Crippen LogP contribution < -0.4 is 15.4 Å². The average molecular weight is 526 g/mol. The molecule has 186 valence electrons. The van der Waals surface area contributed by atoms with Gasteiger partial charge in [-0.25, -0.2) is 16.8 Å². The van der Waals surface area contributed by atoms with Gasteiger partial charge < -0.3 is 15.4 Å². The van der Waals surface area contributed by atoms with Crippen LogP contribution in [0.4, 0.5) is 24.5 Å². The molecule has 0 aliphatic rings. The summed E-state index contributed by atoms with van der Waals surface area (Å²) in [6.45, 7) is -0.905. The van der Waals surface area contributed by atoms with Crippen LogP contribution in [0, 0.1) is 12.7 Å². The molecule has 1 aromatic heterocycles. The van der Waals surface area contributed by atoms with Crippen LogP contribution in [0.2, 0.25) is 0 Å². The van der Waals surface area contributed by atoms with Crippen LogP contribution in [0.1, 0.15) is 11.1 Å². The summed E-state index contributed by atoms with van der Waals surface area (Å²) in [6, 6.07) is 14.8. The Bertz CT molecular complexity index is 1460. The first-order chi connectivity index (χ1) is 16.2. The largest absolute Gasteiger partial charge is 0.435 e. The zero-order valence-electron chi connectivity index (χ0n) is 18.8. The predicted octanol–water partition coefficient (Wildman–Crippen LogP) is 5.81. The highest BCUT2D eigenvalue weighted by molar-refractivity contribution is 7.90. The third-order valence-electron chi connectivity index (χ3n) is 5.21. The molecule has 1 heterocycles. The molecule has 4 rings (SSSR count). The number of alkyl halides is 2. The summed E-state index contributed by atoms with van der Waals surface area (Å²) in [5, 5.41) is 6.66. The number of benzene rings is 3. The van der Waals surface area contributed by atoms with Crippen molar-refractivity contribution in [3.63, 3.8) is 0 Å². The number of aryl methyl sites for hydroxylation is 1. The number of ether oxygens (including phenoxy) is 1. The summed E-state index contributed by atoms with van der Waals surface area (Å²) in [5.74, 6) is -0.699. The first-order valence-electron chi connectivity index (χ1n) is 10.3. The van der Waals surface area contributed by atoms with E-state index >= 15 is 0 Å². The maximum Gasteiger partial charge on any atom is 0.387 e. The number of aromatic nitrogens is 1. The molecule has 0 amide bonds. The quantitative estimate of drug-likeness (QED) is 0.304. The Morgan fingerprint density at radius 1 is 1.06 bits per heavy atom. The van der Waals surface area contributed by atoms with Gasteiger partial charge in [0, 0.05) is 29.9 Å². The molecule has 0 saturated carbocycles. The van der Waals surface area contributed by atoms with Crippen molar-refractivity contribution in [3.05, 3.63) is 83.8 Å². The smallest absolute Gasteiger partial charge is 0.387 e. The third kappa shape index (κ3) is 5.55. The number of anilines is 2. The molecule has 0 radical (unpaired) electrons. The van der Waals surface area contributed by atoms with E-state index < -0.39 is 22.5 Å². The number of fused-ring (bicyclic) bond motifs is 1. The standard InChI is InChI=1S/C24H22F3N3O3S.ClH/c1-15-6-9-22(21(25)10-15)29-17-7-8-20-16(13-28-2)14-30(23(20)11-17)34(31,32)19-5-3-4-18(12-19)33-24(26)27;/h3-12,14,24,28-29H,13H2,1-2H3;1H. The maximum absolute atomic E-state index is 14.3. The van der Waals surface area contributed by atoms with E-state index in [-0.39, 0.29) is 28.7 Å².